The molecule has 0 atom stereocenters. The van der Waals surface area contributed by atoms with Gasteiger partial charge in [0.1, 0.15) is 0 Å². The molecule has 2 heteroatoms. The molecule has 2 nitrogen and oxygen atoms in total. The third-order valence-electron chi connectivity index (χ3n) is 2.19. The van der Waals surface area contributed by atoms with Gasteiger partial charge < -0.3 is 5.11 Å². The second-order valence-corrected chi connectivity index (χ2v) is 3.40. The van der Waals surface area contributed by atoms with Crippen LogP contribution >= 0.6 is 0 Å². The summed E-state index contributed by atoms with van der Waals surface area (Å²) in [7, 11) is 0. The van der Waals surface area contributed by atoms with Crippen molar-refractivity contribution in [2.75, 3.05) is 0 Å². The van der Waals surface area contributed by atoms with Gasteiger partial charge in [-0.05, 0) is 37.0 Å². The second kappa shape index (κ2) is 6.14. The van der Waals surface area contributed by atoms with Crippen LogP contribution in [0.15, 0.2) is 42.3 Å². The molecule has 0 bridgehead atoms. The van der Waals surface area contributed by atoms with E-state index >= 15 is 0 Å². The van der Waals surface area contributed by atoms with E-state index in [9.17, 15) is 0 Å². The fourth-order valence-electron chi connectivity index (χ4n) is 1.43. The van der Waals surface area contributed by atoms with E-state index < -0.39 is 0 Å². The number of nitrogens with zero attached hydrogens (tertiary/aromatic N) is 1. The van der Waals surface area contributed by atoms with Crippen molar-refractivity contribution in [2.24, 2.45) is 0 Å². The maximum absolute atomic E-state index is 8.99. The van der Waals surface area contributed by atoms with Gasteiger partial charge >= 0.3 is 0 Å². The molecule has 0 radical (unpaired) electrons. The van der Waals surface area contributed by atoms with Crippen molar-refractivity contribution in [3.8, 4) is 0 Å². The van der Waals surface area contributed by atoms with Crippen molar-refractivity contribution < 1.29 is 5.11 Å². The number of rotatable bonds is 4. The predicted molar refractivity (Wildman–Crippen MR) is 62.4 cm³/mol. The summed E-state index contributed by atoms with van der Waals surface area (Å²) < 4.78 is 0. The lowest BCUT2D eigenvalue weighted by atomic mass is 10.1. The molecule has 80 valence electrons. The van der Waals surface area contributed by atoms with E-state index in [0.29, 0.717) is 0 Å². The van der Waals surface area contributed by atoms with Gasteiger partial charge in [-0.3, -0.25) is 4.98 Å². The molecular formula is C13H17NO. The number of hydrogen-bond donors (Lipinski definition) is 1. The van der Waals surface area contributed by atoms with Crippen molar-refractivity contribution in [1.82, 2.24) is 4.98 Å². The number of aromatic nitrogens is 1. The van der Waals surface area contributed by atoms with Gasteiger partial charge in [0.05, 0.1) is 6.61 Å². The molecule has 0 spiro atoms. The topological polar surface area (TPSA) is 33.1 Å². The second-order valence-electron chi connectivity index (χ2n) is 3.40. The van der Waals surface area contributed by atoms with Crippen molar-refractivity contribution in [3.63, 3.8) is 0 Å². The summed E-state index contributed by atoms with van der Waals surface area (Å²) in [5, 5.41) is 8.99. The summed E-state index contributed by atoms with van der Waals surface area (Å²) in [6, 6.07) is 1.99. The van der Waals surface area contributed by atoms with Gasteiger partial charge in [0.2, 0.25) is 0 Å². The summed E-state index contributed by atoms with van der Waals surface area (Å²) in [5.41, 5.74) is 3.26. The van der Waals surface area contributed by atoms with Crippen LogP contribution in [0.1, 0.15) is 25.0 Å². The highest BCUT2D eigenvalue weighted by Gasteiger charge is 1.98. The number of aliphatic hydroxyl groups is 1. The number of hydrogen-bond acceptors (Lipinski definition) is 2. The molecule has 0 aliphatic rings. The van der Waals surface area contributed by atoms with Crippen LogP contribution in [0.4, 0.5) is 0 Å². The fourth-order valence-corrected chi connectivity index (χ4v) is 1.43. The van der Waals surface area contributed by atoms with Crippen molar-refractivity contribution >= 4 is 0 Å². The molecule has 1 aromatic heterocycles. The Labute approximate surface area is 91.0 Å². The molecule has 0 saturated carbocycles. The van der Waals surface area contributed by atoms with Crippen LogP contribution in [0.25, 0.3) is 0 Å². The number of pyridine rings is 1. The van der Waals surface area contributed by atoms with E-state index in [4.69, 9.17) is 5.11 Å². The summed E-state index contributed by atoms with van der Waals surface area (Å²) in [6.07, 6.45) is 10.6. The van der Waals surface area contributed by atoms with Gasteiger partial charge in [0, 0.05) is 12.4 Å². The maximum Gasteiger partial charge on any atom is 0.0696 e. The van der Waals surface area contributed by atoms with E-state index in [2.05, 4.69) is 17.1 Å². The van der Waals surface area contributed by atoms with Gasteiger partial charge in [-0.25, -0.2) is 0 Å². The lowest BCUT2D eigenvalue weighted by Gasteiger charge is -2.03. The largest absolute Gasteiger partial charge is 0.392 e. The van der Waals surface area contributed by atoms with Crippen LogP contribution < -0.4 is 0 Å². The Hall–Kier alpha value is -1.41. The third-order valence-corrected chi connectivity index (χ3v) is 2.19. The van der Waals surface area contributed by atoms with E-state index in [-0.39, 0.29) is 6.61 Å². The summed E-state index contributed by atoms with van der Waals surface area (Å²) in [6.45, 7) is 4.08. The minimum atomic E-state index is 0.0512. The molecule has 1 heterocycles. The SMILES string of the molecule is C/C=C\C(=C/C)Cc1cncc(CO)c1. The minimum Gasteiger partial charge on any atom is -0.392 e. The molecule has 0 amide bonds. The third kappa shape index (κ3) is 3.68. The molecule has 1 rings (SSSR count). The zero-order chi connectivity index (χ0) is 11.1. The number of aliphatic hydroxyl groups excluding tert-OH is 1. The lowest BCUT2D eigenvalue weighted by molar-refractivity contribution is 0.281. The Morgan fingerprint density at radius 1 is 1.33 bits per heavy atom. The quantitative estimate of drug-likeness (QED) is 0.763. The van der Waals surface area contributed by atoms with Crippen LogP contribution in [0.5, 0.6) is 0 Å². The van der Waals surface area contributed by atoms with E-state index in [0.717, 1.165) is 17.5 Å². The monoisotopic (exact) mass is 203 g/mol. The van der Waals surface area contributed by atoms with Gasteiger partial charge in [-0.2, -0.15) is 0 Å². The molecule has 1 N–H and O–H groups in total. The first-order valence-corrected chi connectivity index (χ1v) is 5.11. The minimum absolute atomic E-state index is 0.0512. The predicted octanol–water partition coefficient (Wildman–Crippen LogP) is 2.64. The summed E-state index contributed by atoms with van der Waals surface area (Å²) in [4.78, 5) is 4.09. The molecule has 0 saturated heterocycles. The summed E-state index contributed by atoms with van der Waals surface area (Å²) >= 11 is 0. The van der Waals surface area contributed by atoms with Crippen LogP contribution in [0.2, 0.25) is 0 Å². The Morgan fingerprint density at radius 2 is 2.07 bits per heavy atom. The van der Waals surface area contributed by atoms with Crippen LogP contribution in [-0.2, 0) is 13.0 Å². The zero-order valence-electron chi connectivity index (χ0n) is 9.27. The van der Waals surface area contributed by atoms with Crippen molar-refractivity contribution in [2.45, 2.75) is 26.9 Å². The van der Waals surface area contributed by atoms with Gasteiger partial charge in [0.25, 0.3) is 0 Å². The van der Waals surface area contributed by atoms with E-state index in [1.165, 1.54) is 5.57 Å². The van der Waals surface area contributed by atoms with E-state index in [1.807, 2.05) is 32.2 Å². The van der Waals surface area contributed by atoms with Crippen LogP contribution in [-0.4, -0.2) is 10.1 Å². The Bertz CT molecular complexity index is 367. The first-order valence-electron chi connectivity index (χ1n) is 5.11. The zero-order valence-corrected chi connectivity index (χ0v) is 9.27. The van der Waals surface area contributed by atoms with E-state index in [1.54, 1.807) is 6.20 Å². The number of allylic oxidation sites excluding steroid dienone is 4. The standard InChI is InChI=1S/C13H17NO/c1-3-5-11(4-2)6-12-7-13(10-15)9-14-8-12/h3-5,7-9,15H,6,10H2,1-2H3/b5-3-,11-4+. The van der Waals surface area contributed by atoms with Gasteiger partial charge in [-0.15, -0.1) is 0 Å². The highest BCUT2D eigenvalue weighted by atomic mass is 16.3. The molecule has 0 unspecified atom stereocenters. The van der Waals surface area contributed by atoms with Crippen LogP contribution in [0.3, 0.4) is 0 Å². The highest BCUT2D eigenvalue weighted by Crippen LogP contribution is 2.10. The maximum atomic E-state index is 8.99. The van der Waals surface area contributed by atoms with Crippen molar-refractivity contribution in [3.05, 3.63) is 53.4 Å². The normalized spacial score (nSPS) is 12.3. The molecule has 15 heavy (non-hydrogen) atoms. The molecule has 1 aromatic rings. The Balaban J connectivity index is 2.79. The first kappa shape index (κ1) is 11.7. The average Bonchev–Trinajstić information content (AvgIpc) is 2.29. The molecule has 0 aromatic carbocycles. The van der Waals surface area contributed by atoms with Gasteiger partial charge in [-0.1, -0.05) is 24.3 Å². The fraction of sp³-hybridized carbons (Fsp3) is 0.308. The van der Waals surface area contributed by atoms with Gasteiger partial charge in [0.15, 0.2) is 0 Å². The summed E-state index contributed by atoms with van der Waals surface area (Å²) in [5.74, 6) is 0. The molecule has 0 aliphatic heterocycles. The van der Waals surface area contributed by atoms with Crippen LogP contribution in [0, 0.1) is 0 Å². The first-order chi connectivity index (χ1) is 7.30. The van der Waals surface area contributed by atoms with Crippen molar-refractivity contribution in [1.29, 1.82) is 0 Å². The Kier molecular flexibility index (Phi) is 4.78. The molecule has 0 aliphatic carbocycles. The molecule has 0 fully saturated rings. The Morgan fingerprint density at radius 3 is 2.67 bits per heavy atom. The smallest absolute Gasteiger partial charge is 0.0696 e. The highest BCUT2D eigenvalue weighted by molar-refractivity contribution is 5.28. The lowest BCUT2D eigenvalue weighted by Crippen LogP contribution is -1.92. The average molecular weight is 203 g/mol. The molecular weight excluding hydrogens is 186 g/mol.